The van der Waals surface area contributed by atoms with Crippen LogP contribution in [0.2, 0.25) is 0 Å². The summed E-state index contributed by atoms with van der Waals surface area (Å²) in [4.78, 5) is 33.1. The van der Waals surface area contributed by atoms with Gasteiger partial charge in [-0.2, -0.15) is 0 Å². The summed E-state index contributed by atoms with van der Waals surface area (Å²) in [5, 5.41) is 11.9. The number of fused-ring (bicyclic) bond motifs is 2. The fourth-order valence-corrected chi connectivity index (χ4v) is 5.84. The highest BCUT2D eigenvalue weighted by molar-refractivity contribution is 7.22. The minimum atomic E-state index is -0.833. The first-order chi connectivity index (χ1) is 17.9. The maximum Gasteiger partial charge on any atom is 0.301 e. The number of anilines is 1. The van der Waals surface area contributed by atoms with E-state index < -0.39 is 17.7 Å². The molecule has 186 valence electrons. The number of amides is 1. The molecule has 1 N–H and O–H groups in total. The minimum Gasteiger partial charge on any atom is -0.507 e. The van der Waals surface area contributed by atoms with Crippen molar-refractivity contribution in [3.8, 4) is 11.5 Å². The number of carbonyl (C=O) groups is 2. The first-order valence-corrected chi connectivity index (χ1v) is 12.9. The molecule has 2 aliphatic rings. The fraction of sp³-hybridized carbons (Fsp3) is 0.207. The number of aromatic nitrogens is 1. The molecule has 7 nitrogen and oxygen atoms in total. The Morgan fingerprint density at radius 1 is 1.03 bits per heavy atom. The lowest BCUT2D eigenvalue weighted by Gasteiger charge is -2.23. The van der Waals surface area contributed by atoms with Crippen LogP contribution in [0.1, 0.15) is 35.2 Å². The van der Waals surface area contributed by atoms with E-state index in [1.54, 1.807) is 18.2 Å². The van der Waals surface area contributed by atoms with Crippen molar-refractivity contribution >= 4 is 44.1 Å². The van der Waals surface area contributed by atoms with Crippen LogP contribution in [0.4, 0.5) is 5.13 Å². The molecule has 4 aromatic rings. The summed E-state index contributed by atoms with van der Waals surface area (Å²) in [6.07, 6.45) is 0.856. The van der Waals surface area contributed by atoms with Crippen LogP contribution in [0.3, 0.4) is 0 Å². The van der Waals surface area contributed by atoms with E-state index in [2.05, 4.69) is 11.9 Å². The van der Waals surface area contributed by atoms with Gasteiger partial charge in [0, 0.05) is 5.56 Å². The number of ether oxygens (including phenoxy) is 2. The summed E-state index contributed by atoms with van der Waals surface area (Å²) in [6, 6.07) is 17.8. The number of aryl methyl sites for hydroxylation is 2. The van der Waals surface area contributed by atoms with Gasteiger partial charge in [0.15, 0.2) is 16.6 Å². The molecule has 0 aliphatic carbocycles. The van der Waals surface area contributed by atoms with E-state index in [1.807, 2.05) is 49.4 Å². The molecule has 3 aromatic carbocycles. The van der Waals surface area contributed by atoms with Gasteiger partial charge in [0.25, 0.3) is 5.78 Å². The van der Waals surface area contributed by atoms with Gasteiger partial charge < -0.3 is 14.6 Å². The number of nitrogens with zero attached hydrogens (tertiary/aromatic N) is 2. The maximum absolute atomic E-state index is 13.5. The first-order valence-electron chi connectivity index (χ1n) is 12.1. The van der Waals surface area contributed by atoms with Crippen molar-refractivity contribution in [1.29, 1.82) is 0 Å². The van der Waals surface area contributed by atoms with Crippen LogP contribution < -0.4 is 14.4 Å². The SMILES string of the molecule is CCc1ccc(C2C(=C(O)c3ccc4c(c3)OCCO4)C(=O)C(=O)N2c2nc3ccc(C)cc3s2)cc1. The molecule has 0 spiro atoms. The molecule has 1 fully saturated rings. The van der Waals surface area contributed by atoms with Gasteiger partial charge in [-0.1, -0.05) is 48.6 Å². The molecular formula is C29H24N2O5S. The zero-order valence-corrected chi connectivity index (χ0v) is 21.2. The van der Waals surface area contributed by atoms with Crippen LogP contribution in [0, 0.1) is 6.92 Å². The average molecular weight is 513 g/mol. The average Bonchev–Trinajstić information content (AvgIpc) is 3.45. The van der Waals surface area contributed by atoms with Crippen LogP contribution in [0.25, 0.3) is 16.0 Å². The maximum atomic E-state index is 13.5. The Hall–Kier alpha value is -4.17. The molecule has 0 saturated carbocycles. The molecule has 0 bridgehead atoms. The van der Waals surface area contributed by atoms with Crippen molar-refractivity contribution in [3.05, 3.63) is 88.5 Å². The molecule has 1 unspecified atom stereocenters. The second kappa shape index (κ2) is 9.05. The quantitative estimate of drug-likeness (QED) is 0.219. The van der Waals surface area contributed by atoms with Crippen molar-refractivity contribution in [3.63, 3.8) is 0 Å². The monoisotopic (exact) mass is 512 g/mol. The largest absolute Gasteiger partial charge is 0.507 e. The molecule has 1 aromatic heterocycles. The van der Waals surface area contributed by atoms with Crippen LogP contribution >= 0.6 is 11.3 Å². The highest BCUT2D eigenvalue weighted by atomic mass is 32.1. The van der Waals surface area contributed by atoms with Gasteiger partial charge in [0.2, 0.25) is 0 Å². The summed E-state index contributed by atoms with van der Waals surface area (Å²) >= 11 is 1.35. The fourth-order valence-electron chi connectivity index (χ4n) is 4.75. The number of ketones is 1. The van der Waals surface area contributed by atoms with Gasteiger partial charge in [-0.3, -0.25) is 14.5 Å². The summed E-state index contributed by atoms with van der Waals surface area (Å²) < 4.78 is 12.2. The Morgan fingerprint density at radius 2 is 1.78 bits per heavy atom. The molecule has 1 amide bonds. The van der Waals surface area contributed by atoms with Gasteiger partial charge >= 0.3 is 5.91 Å². The van der Waals surface area contributed by atoms with Crippen molar-refractivity contribution < 1.29 is 24.2 Å². The van der Waals surface area contributed by atoms with E-state index >= 15 is 0 Å². The molecule has 3 heterocycles. The third-order valence-corrected chi connectivity index (χ3v) is 7.72. The van der Waals surface area contributed by atoms with Crippen molar-refractivity contribution in [1.82, 2.24) is 4.98 Å². The van der Waals surface area contributed by atoms with Crippen molar-refractivity contribution in [2.45, 2.75) is 26.3 Å². The number of thiazole rings is 1. The third kappa shape index (κ3) is 3.94. The molecule has 1 atom stereocenters. The predicted octanol–water partition coefficient (Wildman–Crippen LogP) is 5.56. The smallest absolute Gasteiger partial charge is 0.301 e. The van der Waals surface area contributed by atoms with Crippen LogP contribution in [-0.2, 0) is 16.0 Å². The molecule has 6 rings (SSSR count). The number of aliphatic hydroxyl groups excluding tert-OH is 1. The standard InChI is InChI=1S/C29H24N2O5S/c1-3-17-5-7-18(8-6-17)25-24(26(32)19-9-11-21-22(15-19)36-13-12-35-21)27(33)28(34)31(25)29-30-20-10-4-16(2)14-23(20)37-29/h4-11,14-15,25,32H,3,12-13H2,1-2H3. The topological polar surface area (TPSA) is 89.0 Å². The predicted molar refractivity (Wildman–Crippen MR) is 142 cm³/mol. The second-order valence-corrected chi connectivity index (χ2v) is 10.1. The second-order valence-electron chi connectivity index (χ2n) is 9.09. The van der Waals surface area contributed by atoms with Gasteiger partial charge in [-0.25, -0.2) is 4.98 Å². The number of rotatable bonds is 4. The number of aliphatic hydroxyl groups is 1. The van der Waals surface area contributed by atoms with E-state index in [0.717, 1.165) is 27.8 Å². The first kappa shape index (κ1) is 23.2. The molecule has 37 heavy (non-hydrogen) atoms. The zero-order chi connectivity index (χ0) is 25.7. The van der Waals surface area contributed by atoms with E-state index in [0.29, 0.717) is 41.0 Å². The normalized spacial score (nSPS) is 18.5. The summed E-state index contributed by atoms with van der Waals surface area (Å²) in [5.41, 5.74) is 4.06. The van der Waals surface area contributed by atoms with Crippen LogP contribution in [-0.4, -0.2) is 35.0 Å². The van der Waals surface area contributed by atoms with E-state index in [-0.39, 0.29) is 11.3 Å². The summed E-state index contributed by atoms with van der Waals surface area (Å²) in [7, 11) is 0. The van der Waals surface area contributed by atoms with E-state index in [4.69, 9.17) is 9.47 Å². The van der Waals surface area contributed by atoms with Crippen molar-refractivity contribution in [2.75, 3.05) is 18.1 Å². The Labute approximate surface area is 217 Å². The highest BCUT2D eigenvalue weighted by Gasteiger charge is 2.48. The zero-order valence-electron chi connectivity index (χ0n) is 20.4. The number of benzene rings is 3. The Balaban J connectivity index is 1.53. The van der Waals surface area contributed by atoms with Gasteiger partial charge in [0.05, 0.1) is 21.8 Å². The third-order valence-electron chi connectivity index (χ3n) is 6.70. The van der Waals surface area contributed by atoms with Gasteiger partial charge in [-0.15, -0.1) is 0 Å². The summed E-state index contributed by atoms with van der Waals surface area (Å²) in [6.45, 7) is 4.89. The lowest BCUT2D eigenvalue weighted by molar-refractivity contribution is -0.132. The van der Waals surface area contributed by atoms with Crippen LogP contribution in [0.5, 0.6) is 11.5 Å². The lowest BCUT2D eigenvalue weighted by atomic mass is 9.94. The summed E-state index contributed by atoms with van der Waals surface area (Å²) in [5.74, 6) is -0.694. The minimum absolute atomic E-state index is 0.0152. The van der Waals surface area contributed by atoms with Gasteiger partial charge in [-0.05, 0) is 60.4 Å². The highest BCUT2D eigenvalue weighted by Crippen LogP contribution is 2.45. The number of carbonyl (C=O) groups excluding carboxylic acids is 2. The number of hydrogen-bond donors (Lipinski definition) is 1. The van der Waals surface area contributed by atoms with E-state index in [9.17, 15) is 14.7 Å². The molecule has 0 radical (unpaired) electrons. The Bertz CT molecular complexity index is 1590. The number of Topliss-reactive ketones (excluding diaryl/α,β-unsaturated/α-hetero) is 1. The van der Waals surface area contributed by atoms with Crippen LogP contribution in [0.15, 0.2) is 66.2 Å². The lowest BCUT2D eigenvalue weighted by Crippen LogP contribution is -2.29. The molecule has 8 heteroatoms. The van der Waals surface area contributed by atoms with Crippen molar-refractivity contribution in [2.24, 2.45) is 0 Å². The number of hydrogen-bond acceptors (Lipinski definition) is 7. The Kier molecular flexibility index (Phi) is 5.68. The molecule has 2 aliphatic heterocycles. The molecule has 1 saturated heterocycles. The van der Waals surface area contributed by atoms with E-state index in [1.165, 1.54) is 16.2 Å². The Morgan fingerprint density at radius 3 is 2.54 bits per heavy atom. The molecular weight excluding hydrogens is 488 g/mol. The van der Waals surface area contributed by atoms with Gasteiger partial charge in [0.1, 0.15) is 19.0 Å².